The summed E-state index contributed by atoms with van der Waals surface area (Å²) < 4.78 is 1.37. The van der Waals surface area contributed by atoms with Crippen LogP contribution in [0.4, 0.5) is 0 Å². The third kappa shape index (κ3) is 3.83. The summed E-state index contributed by atoms with van der Waals surface area (Å²) in [5, 5.41) is 10.0. The Labute approximate surface area is 158 Å². The number of piperidine rings is 1. The molecule has 7 heteroatoms. The fourth-order valence-corrected chi connectivity index (χ4v) is 4.29. The van der Waals surface area contributed by atoms with Crippen LogP contribution in [0, 0.1) is 0 Å². The van der Waals surface area contributed by atoms with Crippen molar-refractivity contribution >= 4 is 11.6 Å². The van der Waals surface area contributed by atoms with Gasteiger partial charge in [0.25, 0.3) is 5.56 Å². The van der Waals surface area contributed by atoms with Crippen LogP contribution in [0.2, 0.25) is 0 Å². The van der Waals surface area contributed by atoms with E-state index >= 15 is 0 Å². The number of fused-ring (bicyclic) bond motifs is 1. The summed E-state index contributed by atoms with van der Waals surface area (Å²) in [6.45, 7) is 3.27. The Balaban J connectivity index is 1.49. The van der Waals surface area contributed by atoms with E-state index < -0.39 is 0 Å². The fraction of sp³-hybridized carbons (Fsp3) is 0.550. The van der Waals surface area contributed by atoms with Gasteiger partial charge in [-0.25, -0.2) is 4.98 Å². The molecule has 0 aliphatic carbocycles. The number of rotatable bonds is 5. The maximum Gasteiger partial charge on any atom is 0.258 e. The Morgan fingerprint density at radius 2 is 2.07 bits per heavy atom. The number of carbonyl (C=O) groups is 1. The number of hydrogen-bond acceptors (Lipinski definition) is 5. The number of nitrogens with zero attached hydrogens (tertiary/aromatic N) is 4. The zero-order chi connectivity index (χ0) is 18.8. The highest BCUT2D eigenvalue weighted by Gasteiger charge is 2.26. The lowest BCUT2D eigenvalue weighted by Gasteiger charge is -2.36. The zero-order valence-electron chi connectivity index (χ0n) is 15.5. The first-order valence-electron chi connectivity index (χ1n) is 9.84. The predicted octanol–water partition coefficient (Wildman–Crippen LogP) is 1.77. The molecule has 0 aromatic carbocycles. The molecule has 0 saturated carbocycles. The summed E-state index contributed by atoms with van der Waals surface area (Å²) in [5.74, 6) is 0.288. The molecule has 4 rings (SSSR count). The van der Waals surface area contributed by atoms with Crippen molar-refractivity contribution in [3.63, 3.8) is 0 Å². The van der Waals surface area contributed by atoms with E-state index in [1.54, 1.807) is 24.4 Å². The highest BCUT2D eigenvalue weighted by atomic mass is 16.3. The summed E-state index contributed by atoms with van der Waals surface area (Å²) in [7, 11) is 0. The van der Waals surface area contributed by atoms with E-state index in [-0.39, 0.29) is 17.2 Å². The second kappa shape index (κ2) is 7.68. The molecule has 2 aromatic heterocycles. The zero-order valence-corrected chi connectivity index (χ0v) is 15.5. The van der Waals surface area contributed by atoms with Crippen LogP contribution < -0.4 is 5.56 Å². The average molecular weight is 370 g/mol. The lowest BCUT2D eigenvalue weighted by atomic mass is 9.99. The minimum absolute atomic E-state index is 0.0131. The van der Waals surface area contributed by atoms with E-state index in [4.69, 9.17) is 0 Å². The summed E-state index contributed by atoms with van der Waals surface area (Å²) in [5.41, 5.74) is 0.809. The first-order chi connectivity index (χ1) is 13.1. The van der Waals surface area contributed by atoms with E-state index in [9.17, 15) is 14.7 Å². The van der Waals surface area contributed by atoms with Gasteiger partial charge in [0.2, 0.25) is 5.91 Å². The van der Waals surface area contributed by atoms with E-state index in [2.05, 4.69) is 9.88 Å². The third-order valence-electron chi connectivity index (χ3n) is 5.74. The van der Waals surface area contributed by atoms with Crippen molar-refractivity contribution in [1.29, 1.82) is 0 Å². The van der Waals surface area contributed by atoms with Crippen LogP contribution in [0.1, 0.15) is 44.2 Å². The van der Waals surface area contributed by atoms with E-state index in [0.717, 1.165) is 45.3 Å². The Morgan fingerprint density at radius 1 is 1.19 bits per heavy atom. The van der Waals surface area contributed by atoms with Crippen molar-refractivity contribution in [2.24, 2.45) is 0 Å². The summed E-state index contributed by atoms with van der Waals surface area (Å²) in [4.78, 5) is 33.1. The molecule has 0 bridgehead atoms. The van der Waals surface area contributed by atoms with Crippen LogP contribution in [0.3, 0.4) is 0 Å². The minimum atomic E-state index is -0.179. The molecule has 2 fully saturated rings. The minimum Gasteiger partial charge on any atom is -0.504 e. The molecule has 2 aliphatic heterocycles. The molecule has 1 N–H and O–H groups in total. The van der Waals surface area contributed by atoms with Gasteiger partial charge < -0.3 is 10.0 Å². The topological polar surface area (TPSA) is 78.2 Å². The number of aromatic hydroxyl groups is 1. The number of pyridine rings is 1. The van der Waals surface area contributed by atoms with Crippen LogP contribution in [0.25, 0.3) is 5.65 Å². The van der Waals surface area contributed by atoms with Crippen molar-refractivity contribution < 1.29 is 9.90 Å². The maximum absolute atomic E-state index is 12.4. The first-order valence-corrected chi connectivity index (χ1v) is 9.84. The Kier molecular flexibility index (Phi) is 5.11. The van der Waals surface area contributed by atoms with E-state index in [1.165, 1.54) is 10.8 Å². The van der Waals surface area contributed by atoms with Crippen LogP contribution in [-0.2, 0) is 11.3 Å². The van der Waals surface area contributed by atoms with Crippen molar-refractivity contribution in [2.45, 2.75) is 51.1 Å². The third-order valence-corrected chi connectivity index (χ3v) is 5.74. The number of aromatic nitrogens is 2. The van der Waals surface area contributed by atoms with Crippen molar-refractivity contribution in [1.82, 2.24) is 19.2 Å². The van der Waals surface area contributed by atoms with Crippen LogP contribution in [0.15, 0.2) is 29.2 Å². The second-order valence-corrected chi connectivity index (χ2v) is 7.57. The lowest BCUT2D eigenvalue weighted by Crippen LogP contribution is -2.41. The predicted molar refractivity (Wildman–Crippen MR) is 102 cm³/mol. The molecular formula is C20H26N4O3. The van der Waals surface area contributed by atoms with Crippen LogP contribution in [-0.4, -0.2) is 55.9 Å². The van der Waals surface area contributed by atoms with Gasteiger partial charge in [-0.2, -0.15) is 0 Å². The molecule has 1 atom stereocenters. The van der Waals surface area contributed by atoms with Gasteiger partial charge in [-0.05, 0) is 44.4 Å². The molecule has 27 heavy (non-hydrogen) atoms. The maximum atomic E-state index is 12.4. The number of amides is 1. The molecule has 144 valence electrons. The monoisotopic (exact) mass is 370 g/mol. The van der Waals surface area contributed by atoms with E-state index in [0.29, 0.717) is 30.3 Å². The molecule has 4 heterocycles. The first kappa shape index (κ1) is 18.0. The molecule has 0 spiro atoms. The van der Waals surface area contributed by atoms with Gasteiger partial charge in [0.15, 0.2) is 11.4 Å². The standard InChI is InChI=1S/C20H26N4O3/c25-17-6-3-11-24-19(27)13-15(21-20(17)24)14-23-9-2-1-5-16(23)8-12-22-10-4-7-18(22)26/h3,6,11,13,16,25H,1-2,4-5,7-10,12,14H2. The van der Waals surface area contributed by atoms with Gasteiger partial charge in [0.05, 0.1) is 5.69 Å². The number of hydrogen-bond donors (Lipinski definition) is 1. The molecule has 7 nitrogen and oxygen atoms in total. The normalized spacial score (nSPS) is 21.3. The SMILES string of the molecule is O=C1CCCN1CCC1CCCCN1Cc1cc(=O)n2cccc(O)c2n1. The molecule has 1 unspecified atom stereocenters. The van der Waals surface area contributed by atoms with Crippen molar-refractivity contribution in [3.8, 4) is 5.75 Å². The highest BCUT2D eigenvalue weighted by molar-refractivity contribution is 5.78. The second-order valence-electron chi connectivity index (χ2n) is 7.57. The number of likely N-dealkylation sites (tertiary alicyclic amines) is 2. The molecule has 0 radical (unpaired) electrons. The highest BCUT2D eigenvalue weighted by Crippen LogP contribution is 2.23. The molecule has 2 aromatic rings. The van der Waals surface area contributed by atoms with Gasteiger partial charge in [-0.3, -0.25) is 18.9 Å². The van der Waals surface area contributed by atoms with Gasteiger partial charge >= 0.3 is 0 Å². The average Bonchev–Trinajstić information content (AvgIpc) is 3.07. The molecular weight excluding hydrogens is 344 g/mol. The lowest BCUT2D eigenvalue weighted by molar-refractivity contribution is -0.127. The van der Waals surface area contributed by atoms with Gasteiger partial charge in [0.1, 0.15) is 0 Å². The van der Waals surface area contributed by atoms with Gasteiger partial charge in [-0.1, -0.05) is 6.42 Å². The Bertz CT molecular complexity index is 894. The molecule has 2 saturated heterocycles. The smallest absolute Gasteiger partial charge is 0.258 e. The molecule has 1 amide bonds. The van der Waals surface area contributed by atoms with Crippen LogP contribution in [0.5, 0.6) is 5.75 Å². The van der Waals surface area contributed by atoms with Crippen molar-refractivity contribution in [2.75, 3.05) is 19.6 Å². The quantitative estimate of drug-likeness (QED) is 0.868. The summed E-state index contributed by atoms with van der Waals surface area (Å²) in [6.07, 6.45) is 7.68. The van der Waals surface area contributed by atoms with Crippen LogP contribution >= 0.6 is 0 Å². The van der Waals surface area contributed by atoms with E-state index in [1.807, 2.05) is 4.90 Å². The summed E-state index contributed by atoms with van der Waals surface area (Å²) in [6, 6.07) is 5.13. The van der Waals surface area contributed by atoms with Gasteiger partial charge in [0, 0.05) is 44.4 Å². The Hall–Kier alpha value is -2.41. The largest absolute Gasteiger partial charge is 0.504 e. The van der Waals surface area contributed by atoms with Crippen molar-refractivity contribution in [3.05, 3.63) is 40.4 Å². The number of carbonyl (C=O) groups excluding carboxylic acids is 1. The van der Waals surface area contributed by atoms with Gasteiger partial charge in [-0.15, -0.1) is 0 Å². The summed E-state index contributed by atoms with van der Waals surface area (Å²) >= 11 is 0. The Morgan fingerprint density at radius 3 is 2.89 bits per heavy atom. The fourth-order valence-electron chi connectivity index (χ4n) is 4.29. The molecule has 2 aliphatic rings.